The molecule has 4 rings (SSSR count). The van der Waals surface area contributed by atoms with E-state index < -0.39 is 0 Å². The van der Waals surface area contributed by atoms with Crippen molar-refractivity contribution >= 4 is 16.7 Å². The fourth-order valence-electron chi connectivity index (χ4n) is 3.20. The molecule has 1 aromatic carbocycles. The summed E-state index contributed by atoms with van der Waals surface area (Å²) in [4.78, 5) is 7.02. The zero-order valence-electron chi connectivity index (χ0n) is 9.63. The summed E-state index contributed by atoms with van der Waals surface area (Å²) in [5.41, 5.74) is 2.99. The van der Waals surface area contributed by atoms with Crippen molar-refractivity contribution in [2.24, 2.45) is 0 Å². The summed E-state index contributed by atoms with van der Waals surface area (Å²) in [5.74, 6) is 0.889. The second-order valence-corrected chi connectivity index (χ2v) is 5.50. The maximum Gasteiger partial charge on any atom is 0.206 e. The van der Waals surface area contributed by atoms with E-state index in [1.807, 2.05) is 6.92 Å². The van der Waals surface area contributed by atoms with E-state index in [-0.39, 0.29) is 0 Å². The number of nitrogens with zero attached hydrogens (tertiary/aromatic N) is 3. The molecule has 0 radical (unpaired) electrons. The van der Waals surface area contributed by atoms with Crippen LogP contribution in [0, 0.1) is 6.92 Å². The van der Waals surface area contributed by atoms with Crippen LogP contribution in [0.4, 0.5) is 5.13 Å². The monoisotopic (exact) mass is 243 g/mol. The number of rotatable bonds is 1. The molecule has 86 valence electrons. The minimum absolute atomic E-state index is 0.531. The van der Waals surface area contributed by atoms with Crippen molar-refractivity contribution in [2.75, 3.05) is 4.90 Å². The van der Waals surface area contributed by atoms with Gasteiger partial charge in [0.25, 0.3) is 0 Å². The molecule has 1 saturated heterocycles. The van der Waals surface area contributed by atoms with Gasteiger partial charge in [0.1, 0.15) is 5.82 Å². The van der Waals surface area contributed by atoms with Gasteiger partial charge in [-0.25, -0.2) is 4.98 Å². The van der Waals surface area contributed by atoms with Crippen molar-refractivity contribution < 1.29 is 0 Å². The summed E-state index contributed by atoms with van der Waals surface area (Å²) in [6, 6.07) is 9.87. The lowest BCUT2D eigenvalue weighted by atomic mass is 9.92. The molecule has 4 heteroatoms. The summed E-state index contributed by atoms with van der Waals surface area (Å²) in [6.45, 7) is 1.96. The first kappa shape index (κ1) is 9.59. The van der Waals surface area contributed by atoms with Crippen LogP contribution in [0.2, 0.25) is 0 Å². The molecule has 17 heavy (non-hydrogen) atoms. The average molecular weight is 243 g/mol. The van der Waals surface area contributed by atoms with Crippen molar-refractivity contribution in [1.82, 2.24) is 9.36 Å². The molecule has 0 aliphatic carbocycles. The molecule has 2 unspecified atom stereocenters. The third kappa shape index (κ3) is 1.21. The maximum atomic E-state index is 4.55. The van der Waals surface area contributed by atoms with Crippen molar-refractivity contribution in [3.05, 3.63) is 41.2 Å². The molecule has 3 nitrogen and oxygen atoms in total. The Labute approximate surface area is 104 Å². The summed E-state index contributed by atoms with van der Waals surface area (Å²) in [6.07, 6.45) is 2.50. The van der Waals surface area contributed by atoms with Crippen LogP contribution in [0.3, 0.4) is 0 Å². The Balaban J connectivity index is 1.83. The van der Waals surface area contributed by atoms with Crippen molar-refractivity contribution in [3.63, 3.8) is 0 Å². The normalized spacial score (nSPS) is 25.4. The van der Waals surface area contributed by atoms with Gasteiger partial charge in [-0.3, -0.25) is 0 Å². The second-order valence-electron chi connectivity index (χ2n) is 4.77. The fraction of sp³-hybridized carbons (Fsp3) is 0.385. The smallest absolute Gasteiger partial charge is 0.206 e. The molecule has 3 heterocycles. The molecule has 0 amide bonds. The highest BCUT2D eigenvalue weighted by molar-refractivity contribution is 7.09. The van der Waals surface area contributed by atoms with Gasteiger partial charge in [0, 0.05) is 11.5 Å². The van der Waals surface area contributed by atoms with E-state index in [0.717, 1.165) is 11.0 Å². The summed E-state index contributed by atoms with van der Waals surface area (Å²) >= 11 is 1.53. The van der Waals surface area contributed by atoms with Crippen LogP contribution < -0.4 is 4.90 Å². The van der Waals surface area contributed by atoms with Gasteiger partial charge in [-0.1, -0.05) is 24.3 Å². The first-order chi connectivity index (χ1) is 8.34. The van der Waals surface area contributed by atoms with E-state index in [1.54, 1.807) is 0 Å². The van der Waals surface area contributed by atoms with E-state index in [9.17, 15) is 0 Å². The minimum atomic E-state index is 0.531. The fourth-order valence-corrected chi connectivity index (χ4v) is 3.97. The van der Waals surface area contributed by atoms with Crippen LogP contribution in [-0.4, -0.2) is 9.36 Å². The first-order valence-corrected chi connectivity index (χ1v) is 6.79. The van der Waals surface area contributed by atoms with Crippen LogP contribution in [-0.2, 0) is 0 Å². The van der Waals surface area contributed by atoms with Crippen LogP contribution >= 0.6 is 11.5 Å². The number of benzene rings is 1. The van der Waals surface area contributed by atoms with Gasteiger partial charge in [-0.15, -0.1) is 0 Å². The van der Waals surface area contributed by atoms with Gasteiger partial charge in [-0.05, 0) is 30.9 Å². The highest BCUT2D eigenvalue weighted by Gasteiger charge is 2.44. The Kier molecular flexibility index (Phi) is 1.86. The van der Waals surface area contributed by atoms with E-state index in [1.165, 1.54) is 35.5 Å². The SMILES string of the molecule is Cc1nsc(N2C3CCC2c2ccccc23)n1. The van der Waals surface area contributed by atoms with Crippen LogP contribution in [0.15, 0.2) is 24.3 Å². The lowest BCUT2D eigenvalue weighted by molar-refractivity contribution is 0.717. The lowest BCUT2D eigenvalue weighted by Crippen LogP contribution is -2.18. The van der Waals surface area contributed by atoms with E-state index in [2.05, 4.69) is 38.5 Å². The number of hydrogen-bond acceptors (Lipinski definition) is 4. The Hall–Kier alpha value is -1.42. The maximum absolute atomic E-state index is 4.55. The summed E-state index contributed by atoms with van der Waals surface area (Å²) in [7, 11) is 0. The van der Waals surface area contributed by atoms with Gasteiger partial charge in [0.05, 0.1) is 12.1 Å². The Morgan fingerprint density at radius 2 is 1.82 bits per heavy atom. The predicted octanol–water partition coefficient (Wildman–Crippen LogP) is 3.24. The number of anilines is 1. The van der Waals surface area contributed by atoms with Crippen LogP contribution in [0.1, 0.15) is 41.9 Å². The molecule has 2 aliphatic rings. The third-order valence-corrected chi connectivity index (χ3v) is 4.66. The number of fused-ring (bicyclic) bond motifs is 5. The molecule has 2 atom stereocenters. The predicted molar refractivity (Wildman–Crippen MR) is 68.3 cm³/mol. The topological polar surface area (TPSA) is 29.0 Å². The molecule has 0 saturated carbocycles. The minimum Gasteiger partial charge on any atom is -0.333 e. The lowest BCUT2D eigenvalue weighted by Gasteiger charge is -2.20. The van der Waals surface area contributed by atoms with Gasteiger partial charge in [0.2, 0.25) is 5.13 Å². The van der Waals surface area contributed by atoms with Gasteiger partial charge in [-0.2, -0.15) is 4.37 Å². The molecule has 0 N–H and O–H groups in total. The zero-order valence-corrected chi connectivity index (χ0v) is 10.4. The number of aromatic nitrogens is 2. The quantitative estimate of drug-likeness (QED) is 0.770. The Bertz CT molecular complexity index is 547. The van der Waals surface area contributed by atoms with Crippen molar-refractivity contribution in [2.45, 2.75) is 31.8 Å². The summed E-state index contributed by atoms with van der Waals surface area (Å²) < 4.78 is 4.31. The van der Waals surface area contributed by atoms with E-state index in [0.29, 0.717) is 12.1 Å². The second kappa shape index (κ2) is 3.29. The zero-order chi connectivity index (χ0) is 11.4. The number of hydrogen-bond donors (Lipinski definition) is 0. The van der Waals surface area contributed by atoms with E-state index >= 15 is 0 Å². The third-order valence-electron chi connectivity index (χ3n) is 3.84. The largest absolute Gasteiger partial charge is 0.333 e. The van der Waals surface area contributed by atoms with Crippen molar-refractivity contribution in [1.29, 1.82) is 0 Å². The molecule has 2 aliphatic heterocycles. The molecule has 0 spiro atoms. The first-order valence-electron chi connectivity index (χ1n) is 6.02. The molecule has 2 bridgehead atoms. The van der Waals surface area contributed by atoms with Crippen molar-refractivity contribution in [3.8, 4) is 0 Å². The number of aryl methyl sites for hydroxylation is 1. The van der Waals surface area contributed by atoms with E-state index in [4.69, 9.17) is 0 Å². The Morgan fingerprint density at radius 3 is 2.35 bits per heavy atom. The van der Waals surface area contributed by atoms with Crippen LogP contribution in [0.25, 0.3) is 0 Å². The van der Waals surface area contributed by atoms with Gasteiger partial charge in [0.15, 0.2) is 0 Å². The molecule has 2 aromatic rings. The Morgan fingerprint density at radius 1 is 1.18 bits per heavy atom. The molecule has 1 fully saturated rings. The standard InChI is InChI=1S/C13H13N3S/c1-8-14-13(17-15-8)16-11-6-7-12(16)10-5-3-2-4-9(10)11/h2-5,11-12H,6-7H2,1H3. The summed E-state index contributed by atoms with van der Waals surface area (Å²) in [5, 5.41) is 1.09. The van der Waals surface area contributed by atoms with Crippen LogP contribution in [0.5, 0.6) is 0 Å². The average Bonchev–Trinajstić information content (AvgIpc) is 3.01. The highest BCUT2D eigenvalue weighted by Crippen LogP contribution is 2.54. The molecular weight excluding hydrogens is 230 g/mol. The van der Waals surface area contributed by atoms with Gasteiger partial charge >= 0.3 is 0 Å². The highest BCUT2D eigenvalue weighted by atomic mass is 32.1. The molecule has 1 aromatic heterocycles. The van der Waals surface area contributed by atoms with Gasteiger partial charge < -0.3 is 4.90 Å². The molecular formula is C13H13N3S.